The van der Waals surface area contributed by atoms with Crippen molar-refractivity contribution in [1.82, 2.24) is 25.1 Å². The number of halogens is 1. The molecular weight excluding hydrogens is 473 g/mol. The number of likely N-dealkylation sites (N-methyl/N-ethyl adjacent to an activating group) is 1. The van der Waals surface area contributed by atoms with Crippen LogP contribution in [-0.2, 0) is 22.7 Å². The summed E-state index contributed by atoms with van der Waals surface area (Å²) >= 11 is 0. The van der Waals surface area contributed by atoms with Crippen LogP contribution in [0.25, 0.3) is 0 Å². The van der Waals surface area contributed by atoms with E-state index in [1.807, 2.05) is 0 Å². The summed E-state index contributed by atoms with van der Waals surface area (Å²) < 4.78 is 20.0. The lowest BCUT2D eigenvalue weighted by Gasteiger charge is -2.32. The number of hydrogen-bond acceptors (Lipinski definition) is 7. The maximum atomic E-state index is 13.7. The molecule has 3 aliphatic rings. The molecule has 1 fully saturated rings. The smallest absolute Gasteiger partial charge is 0.311 e. The highest BCUT2D eigenvalue weighted by Crippen LogP contribution is 2.40. The Morgan fingerprint density at radius 1 is 1.28 bits per heavy atom. The molecule has 0 spiro atoms. The number of carbonyl (C=O) groups is 3. The molecule has 1 aromatic heterocycles. The summed E-state index contributed by atoms with van der Waals surface area (Å²) in [7, 11) is 4.28. The number of carbonyl (C=O) groups excluding carboxylic acids is 3. The Morgan fingerprint density at radius 3 is 2.72 bits per heavy atom. The van der Waals surface area contributed by atoms with E-state index in [4.69, 9.17) is 4.74 Å². The van der Waals surface area contributed by atoms with Gasteiger partial charge in [0.15, 0.2) is 17.3 Å². The molecule has 11 nitrogen and oxygen atoms in total. The molecule has 1 aromatic carbocycles. The van der Waals surface area contributed by atoms with Gasteiger partial charge < -0.3 is 25.4 Å². The second kappa shape index (κ2) is 9.96. The molecule has 192 valence electrons. The van der Waals surface area contributed by atoms with Gasteiger partial charge in [0.1, 0.15) is 5.82 Å². The largest absolute Gasteiger partial charge is 0.501 e. The van der Waals surface area contributed by atoms with Gasteiger partial charge in [-0.05, 0) is 42.9 Å². The SMILES string of the molecule is COc1cc(CNC(=O)c2nc3n(c(=O)c2O)CC2CCC3C(NC(=O)C(=O)N(C)C)C2)ccc1F. The first kappa shape index (κ1) is 25.1. The Labute approximate surface area is 206 Å². The van der Waals surface area contributed by atoms with Crippen LogP contribution in [0.1, 0.15) is 47.1 Å². The van der Waals surface area contributed by atoms with E-state index in [9.17, 15) is 28.7 Å². The van der Waals surface area contributed by atoms with Gasteiger partial charge >= 0.3 is 11.8 Å². The van der Waals surface area contributed by atoms with Gasteiger partial charge in [0.05, 0.1) is 7.11 Å². The normalized spacial score (nSPS) is 20.2. The van der Waals surface area contributed by atoms with Gasteiger partial charge in [0, 0.05) is 39.1 Å². The maximum Gasteiger partial charge on any atom is 0.311 e. The monoisotopic (exact) mass is 501 g/mol. The number of aromatic hydroxyl groups is 1. The van der Waals surface area contributed by atoms with Crippen LogP contribution in [0.4, 0.5) is 4.39 Å². The Morgan fingerprint density at radius 2 is 2.03 bits per heavy atom. The van der Waals surface area contributed by atoms with Gasteiger partial charge in [-0.2, -0.15) is 0 Å². The molecule has 3 N–H and O–H groups in total. The number of benzene rings is 1. The lowest BCUT2D eigenvalue weighted by atomic mass is 9.79. The second-order valence-electron chi connectivity index (χ2n) is 9.30. The number of ether oxygens (including phenoxy) is 1. The fourth-order valence-electron chi connectivity index (χ4n) is 4.84. The predicted octanol–water partition coefficient (Wildman–Crippen LogP) is 0.497. The van der Waals surface area contributed by atoms with Gasteiger partial charge in [-0.25, -0.2) is 9.37 Å². The van der Waals surface area contributed by atoms with E-state index in [0.29, 0.717) is 18.4 Å². The average molecular weight is 502 g/mol. The van der Waals surface area contributed by atoms with E-state index in [1.165, 1.54) is 48.9 Å². The second-order valence-corrected chi connectivity index (χ2v) is 9.30. The summed E-state index contributed by atoms with van der Waals surface area (Å²) in [6.45, 7) is 0.266. The highest BCUT2D eigenvalue weighted by molar-refractivity contribution is 6.34. The van der Waals surface area contributed by atoms with Gasteiger partial charge in [-0.1, -0.05) is 6.07 Å². The minimum atomic E-state index is -0.779. The van der Waals surface area contributed by atoms with E-state index in [2.05, 4.69) is 15.6 Å². The molecule has 2 aliphatic heterocycles. The Hall–Kier alpha value is -3.96. The Kier molecular flexibility index (Phi) is 6.95. The fraction of sp³-hybridized carbons (Fsp3) is 0.458. The van der Waals surface area contributed by atoms with Gasteiger partial charge in [-0.15, -0.1) is 0 Å². The van der Waals surface area contributed by atoms with Crippen molar-refractivity contribution >= 4 is 17.7 Å². The molecule has 3 amide bonds. The quantitative estimate of drug-likeness (QED) is 0.506. The van der Waals surface area contributed by atoms with Crippen molar-refractivity contribution in [2.75, 3.05) is 21.2 Å². The summed E-state index contributed by atoms with van der Waals surface area (Å²) in [5, 5.41) is 15.9. The molecule has 2 bridgehead atoms. The third-order valence-electron chi connectivity index (χ3n) is 6.71. The topological polar surface area (TPSA) is 143 Å². The number of amides is 3. The highest BCUT2D eigenvalue weighted by Gasteiger charge is 2.41. The fourth-order valence-corrected chi connectivity index (χ4v) is 4.84. The van der Waals surface area contributed by atoms with Crippen LogP contribution >= 0.6 is 0 Å². The number of nitrogens with one attached hydrogen (secondary N) is 2. The van der Waals surface area contributed by atoms with Crippen LogP contribution < -0.4 is 20.9 Å². The van der Waals surface area contributed by atoms with Gasteiger partial charge in [0.2, 0.25) is 5.75 Å². The first-order chi connectivity index (χ1) is 17.1. The van der Waals surface area contributed by atoms with Crippen LogP contribution in [0.2, 0.25) is 0 Å². The Balaban J connectivity index is 1.60. The van der Waals surface area contributed by atoms with E-state index in [-0.39, 0.29) is 30.6 Å². The first-order valence-electron chi connectivity index (χ1n) is 11.6. The zero-order chi connectivity index (χ0) is 26.1. The van der Waals surface area contributed by atoms with Crippen molar-refractivity contribution in [3.05, 3.63) is 51.5 Å². The van der Waals surface area contributed by atoms with E-state index in [1.54, 1.807) is 0 Å². The van der Waals surface area contributed by atoms with Crippen LogP contribution in [0, 0.1) is 11.7 Å². The van der Waals surface area contributed by atoms with Crippen molar-refractivity contribution in [3.8, 4) is 11.5 Å². The molecule has 1 aliphatic carbocycles. The van der Waals surface area contributed by atoms with Crippen molar-refractivity contribution < 1.29 is 28.6 Å². The first-order valence-corrected chi connectivity index (χ1v) is 11.6. The number of nitrogens with zero attached hydrogens (tertiary/aromatic N) is 3. The number of fused-ring (bicyclic) bond motifs is 2. The molecule has 3 atom stereocenters. The molecule has 1 saturated carbocycles. The van der Waals surface area contributed by atoms with Crippen LogP contribution in [0.3, 0.4) is 0 Å². The lowest BCUT2D eigenvalue weighted by Crippen LogP contribution is -2.48. The van der Waals surface area contributed by atoms with Crippen molar-refractivity contribution in [2.45, 2.75) is 44.3 Å². The maximum absolute atomic E-state index is 13.7. The molecular formula is C24H28FN5O6. The van der Waals surface area contributed by atoms with Crippen molar-refractivity contribution in [2.24, 2.45) is 5.92 Å². The molecule has 0 saturated heterocycles. The molecule has 12 heteroatoms. The summed E-state index contributed by atoms with van der Waals surface area (Å²) in [5.74, 6) is -3.61. The number of methoxy groups -OCH3 is 1. The summed E-state index contributed by atoms with van der Waals surface area (Å²) in [6.07, 6.45) is 1.91. The van der Waals surface area contributed by atoms with Crippen LogP contribution in [0.5, 0.6) is 11.5 Å². The van der Waals surface area contributed by atoms with E-state index in [0.717, 1.165) is 6.42 Å². The van der Waals surface area contributed by atoms with E-state index < -0.39 is 52.5 Å². The standard InChI is InChI=1S/C24H28FN5O6/c1-29(2)24(35)22(33)27-16-8-13-4-6-14(16)20-28-18(19(31)23(34)30(20)11-13)21(32)26-10-12-5-7-15(25)17(9-12)36-3/h5,7,9,13-14,16,31H,4,6,8,10-11H2,1-3H3,(H,26,32)(H,27,33). The molecule has 5 rings (SSSR count). The third kappa shape index (κ3) is 4.75. The Bertz CT molecular complexity index is 1280. The zero-order valence-corrected chi connectivity index (χ0v) is 20.2. The summed E-state index contributed by atoms with van der Waals surface area (Å²) in [5.41, 5.74) is -0.624. The average Bonchev–Trinajstić information content (AvgIpc) is 3.12. The minimum absolute atomic E-state index is 0.0163. The summed E-state index contributed by atoms with van der Waals surface area (Å²) in [6, 6.07) is 3.65. The number of hydrogen-bond donors (Lipinski definition) is 3. The summed E-state index contributed by atoms with van der Waals surface area (Å²) in [4.78, 5) is 56.0. The number of rotatable bonds is 5. The molecule has 36 heavy (non-hydrogen) atoms. The molecule has 3 unspecified atom stereocenters. The lowest BCUT2D eigenvalue weighted by molar-refractivity contribution is -0.144. The van der Waals surface area contributed by atoms with Crippen molar-refractivity contribution in [1.29, 1.82) is 0 Å². The van der Waals surface area contributed by atoms with E-state index >= 15 is 0 Å². The molecule has 3 heterocycles. The van der Waals surface area contributed by atoms with Crippen LogP contribution in [0.15, 0.2) is 23.0 Å². The third-order valence-corrected chi connectivity index (χ3v) is 6.71. The van der Waals surface area contributed by atoms with Crippen molar-refractivity contribution in [3.63, 3.8) is 0 Å². The predicted molar refractivity (Wildman–Crippen MR) is 125 cm³/mol. The van der Waals surface area contributed by atoms with Gasteiger partial charge in [0.25, 0.3) is 11.5 Å². The molecule has 0 radical (unpaired) electrons. The minimum Gasteiger partial charge on any atom is -0.501 e. The van der Waals surface area contributed by atoms with Crippen LogP contribution in [-0.4, -0.2) is 64.5 Å². The zero-order valence-electron chi connectivity index (χ0n) is 20.2. The van der Waals surface area contributed by atoms with Gasteiger partial charge in [-0.3, -0.25) is 23.7 Å². The molecule has 2 aromatic rings. The number of aromatic nitrogens is 2. The highest BCUT2D eigenvalue weighted by atomic mass is 19.1.